The standard InChI is InChI=1S/C7H10F2O/c1-4-6(5(2)3)7(8,9)10/h1,5-6,10H,2-3H3. The molecule has 1 atom stereocenters. The third-order valence-corrected chi connectivity index (χ3v) is 1.22. The first-order valence-electron chi connectivity index (χ1n) is 2.96. The Morgan fingerprint density at radius 2 is 1.90 bits per heavy atom. The number of terminal acetylenes is 1. The minimum absolute atomic E-state index is 0.412. The van der Waals surface area contributed by atoms with E-state index in [0.717, 1.165) is 0 Å². The summed E-state index contributed by atoms with van der Waals surface area (Å²) in [4.78, 5) is 0. The third-order valence-electron chi connectivity index (χ3n) is 1.22. The van der Waals surface area contributed by atoms with Gasteiger partial charge in [0.25, 0.3) is 0 Å². The Hall–Kier alpha value is -0.620. The van der Waals surface area contributed by atoms with Gasteiger partial charge in [-0.2, -0.15) is 8.78 Å². The van der Waals surface area contributed by atoms with E-state index in [1.807, 2.05) is 5.92 Å². The van der Waals surface area contributed by atoms with Crippen molar-refractivity contribution in [3.63, 3.8) is 0 Å². The number of halogens is 2. The molecule has 10 heavy (non-hydrogen) atoms. The highest BCUT2D eigenvalue weighted by Crippen LogP contribution is 2.26. The van der Waals surface area contributed by atoms with E-state index in [4.69, 9.17) is 11.5 Å². The van der Waals surface area contributed by atoms with Crippen molar-refractivity contribution in [2.24, 2.45) is 11.8 Å². The number of hydrogen-bond acceptors (Lipinski definition) is 1. The molecule has 0 spiro atoms. The van der Waals surface area contributed by atoms with Crippen LogP contribution < -0.4 is 0 Å². The van der Waals surface area contributed by atoms with E-state index >= 15 is 0 Å². The molecule has 0 rings (SSSR count). The number of rotatable bonds is 2. The Bertz CT molecular complexity index is 141. The summed E-state index contributed by atoms with van der Waals surface area (Å²) < 4.78 is 24.1. The molecule has 0 saturated heterocycles. The molecule has 0 aromatic heterocycles. The number of aliphatic hydroxyl groups is 1. The van der Waals surface area contributed by atoms with Crippen LogP contribution in [0.2, 0.25) is 0 Å². The number of alkyl halides is 2. The molecule has 1 unspecified atom stereocenters. The minimum Gasteiger partial charge on any atom is -0.335 e. The molecule has 1 N–H and O–H groups in total. The molecule has 0 aliphatic carbocycles. The van der Waals surface area contributed by atoms with Gasteiger partial charge in [-0.25, -0.2) is 0 Å². The second-order valence-corrected chi connectivity index (χ2v) is 2.48. The van der Waals surface area contributed by atoms with Crippen LogP contribution >= 0.6 is 0 Å². The van der Waals surface area contributed by atoms with E-state index in [0.29, 0.717) is 0 Å². The maximum absolute atomic E-state index is 12.1. The summed E-state index contributed by atoms with van der Waals surface area (Å²) in [5, 5.41) is 8.17. The highest BCUT2D eigenvalue weighted by atomic mass is 19.3. The van der Waals surface area contributed by atoms with E-state index < -0.39 is 17.9 Å². The summed E-state index contributed by atoms with van der Waals surface area (Å²) in [5.74, 6) is 0.0475. The van der Waals surface area contributed by atoms with E-state index in [1.165, 1.54) is 13.8 Å². The predicted octanol–water partition coefficient (Wildman–Crippen LogP) is 1.48. The van der Waals surface area contributed by atoms with Crippen molar-refractivity contribution in [2.45, 2.75) is 20.0 Å². The molecule has 0 bridgehead atoms. The predicted molar refractivity (Wildman–Crippen MR) is 34.3 cm³/mol. The minimum atomic E-state index is -3.75. The molecule has 0 aromatic carbocycles. The second kappa shape index (κ2) is 2.98. The molecule has 0 saturated carbocycles. The van der Waals surface area contributed by atoms with Gasteiger partial charge < -0.3 is 5.11 Å². The molecule has 0 aromatic rings. The van der Waals surface area contributed by atoms with E-state index in [2.05, 4.69) is 0 Å². The van der Waals surface area contributed by atoms with Crippen molar-refractivity contribution in [1.29, 1.82) is 0 Å². The van der Waals surface area contributed by atoms with Crippen LogP contribution in [0, 0.1) is 24.2 Å². The molecule has 0 radical (unpaired) electrons. The van der Waals surface area contributed by atoms with Crippen LogP contribution in [-0.4, -0.2) is 11.2 Å². The van der Waals surface area contributed by atoms with Gasteiger partial charge in [0.1, 0.15) is 5.92 Å². The van der Waals surface area contributed by atoms with Crippen molar-refractivity contribution in [3.05, 3.63) is 0 Å². The van der Waals surface area contributed by atoms with Crippen molar-refractivity contribution in [2.75, 3.05) is 0 Å². The van der Waals surface area contributed by atoms with Crippen LogP contribution in [0.5, 0.6) is 0 Å². The van der Waals surface area contributed by atoms with Gasteiger partial charge in [-0.3, -0.25) is 0 Å². The zero-order chi connectivity index (χ0) is 8.36. The summed E-state index contributed by atoms with van der Waals surface area (Å²) in [7, 11) is 0. The summed E-state index contributed by atoms with van der Waals surface area (Å²) in [5.41, 5.74) is 0. The molecule has 0 fully saturated rings. The molecular formula is C7H10F2O. The van der Waals surface area contributed by atoms with Crippen molar-refractivity contribution in [3.8, 4) is 12.3 Å². The van der Waals surface area contributed by atoms with E-state index in [-0.39, 0.29) is 0 Å². The molecular weight excluding hydrogens is 138 g/mol. The van der Waals surface area contributed by atoms with Gasteiger partial charge in [0.2, 0.25) is 0 Å². The molecule has 58 valence electrons. The van der Waals surface area contributed by atoms with Gasteiger partial charge in [-0.1, -0.05) is 19.8 Å². The molecule has 3 heteroatoms. The zero-order valence-electron chi connectivity index (χ0n) is 5.94. The van der Waals surface area contributed by atoms with Gasteiger partial charge in [-0.05, 0) is 5.92 Å². The Kier molecular flexibility index (Phi) is 2.79. The monoisotopic (exact) mass is 148 g/mol. The Balaban J connectivity index is 4.26. The van der Waals surface area contributed by atoms with Gasteiger partial charge in [-0.15, -0.1) is 6.42 Å². The maximum atomic E-state index is 12.1. The molecule has 0 amide bonds. The van der Waals surface area contributed by atoms with Crippen LogP contribution in [0.25, 0.3) is 0 Å². The first-order valence-corrected chi connectivity index (χ1v) is 2.96. The fraction of sp³-hybridized carbons (Fsp3) is 0.714. The zero-order valence-corrected chi connectivity index (χ0v) is 5.94. The maximum Gasteiger partial charge on any atom is 0.367 e. The quantitative estimate of drug-likeness (QED) is 0.588. The fourth-order valence-corrected chi connectivity index (χ4v) is 0.694. The number of hydrogen-bond donors (Lipinski definition) is 1. The van der Waals surface area contributed by atoms with Crippen LogP contribution in [0.1, 0.15) is 13.8 Å². The Labute approximate surface area is 59.1 Å². The average molecular weight is 148 g/mol. The van der Waals surface area contributed by atoms with Crippen LogP contribution in [0.4, 0.5) is 8.78 Å². The van der Waals surface area contributed by atoms with Gasteiger partial charge in [0.05, 0.1) is 0 Å². The highest BCUT2D eigenvalue weighted by molar-refractivity contribution is 4.98. The first kappa shape index (κ1) is 9.38. The molecule has 0 aliphatic rings. The lowest BCUT2D eigenvalue weighted by molar-refractivity contribution is -0.231. The SMILES string of the molecule is C#CC(C(C)C)C(O)(F)F. The topological polar surface area (TPSA) is 20.2 Å². The van der Waals surface area contributed by atoms with Crippen LogP contribution in [0.3, 0.4) is 0 Å². The van der Waals surface area contributed by atoms with E-state index in [1.54, 1.807) is 0 Å². The smallest absolute Gasteiger partial charge is 0.335 e. The second-order valence-electron chi connectivity index (χ2n) is 2.48. The lowest BCUT2D eigenvalue weighted by Gasteiger charge is -2.19. The van der Waals surface area contributed by atoms with Crippen LogP contribution in [0.15, 0.2) is 0 Å². The summed E-state index contributed by atoms with van der Waals surface area (Å²) in [6, 6.07) is 0. The first-order chi connectivity index (χ1) is 4.39. The largest absolute Gasteiger partial charge is 0.367 e. The van der Waals surface area contributed by atoms with Gasteiger partial charge in [0, 0.05) is 0 Å². The summed E-state index contributed by atoms with van der Waals surface area (Å²) >= 11 is 0. The summed E-state index contributed by atoms with van der Waals surface area (Å²) in [6.07, 6.45) is 1.02. The highest BCUT2D eigenvalue weighted by Gasteiger charge is 2.37. The molecule has 1 nitrogen and oxygen atoms in total. The summed E-state index contributed by atoms with van der Waals surface area (Å²) in [6.45, 7) is 3.07. The Morgan fingerprint density at radius 1 is 1.50 bits per heavy atom. The molecule has 0 aliphatic heterocycles. The average Bonchev–Trinajstić information content (AvgIpc) is 1.60. The fourth-order valence-electron chi connectivity index (χ4n) is 0.694. The van der Waals surface area contributed by atoms with Gasteiger partial charge >= 0.3 is 6.11 Å². The van der Waals surface area contributed by atoms with E-state index in [9.17, 15) is 8.78 Å². The normalized spacial score (nSPS) is 14.9. The third kappa shape index (κ3) is 2.32. The van der Waals surface area contributed by atoms with Crippen molar-refractivity contribution in [1.82, 2.24) is 0 Å². The molecule has 0 heterocycles. The van der Waals surface area contributed by atoms with Gasteiger partial charge in [0.15, 0.2) is 0 Å². The lowest BCUT2D eigenvalue weighted by atomic mass is 9.96. The van der Waals surface area contributed by atoms with Crippen LogP contribution in [-0.2, 0) is 0 Å². The Morgan fingerprint density at radius 3 is 1.90 bits per heavy atom. The van der Waals surface area contributed by atoms with Crippen molar-refractivity contribution >= 4 is 0 Å². The lowest BCUT2D eigenvalue weighted by Crippen LogP contribution is -2.30. The van der Waals surface area contributed by atoms with Crippen molar-refractivity contribution < 1.29 is 13.9 Å².